The first-order chi connectivity index (χ1) is 14.4. The minimum absolute atomic E-state index is 0.0672. The van der Waals surface area contributed by atoms with E-state index in [-0.39, 0.29) is 10.8 Å². The molecule has 30 heavy (non-hydrogen) atoms. The molecule has 1 aromatic heterocycles. The molecular weight excluding hydrogens is 402 g/mol. The standard InChI is InChI=1S/C22H25N3O4S/c1-23(2)30(27,28)19-8-9-20-18(14-19)15-21(22(26)24-10-12-29-13-11-24)25(20)16-17-6-4-3-5-7-17/h3-9,14-15H,10-13,16H2,1-2H3. The van der Waals surface area contributed by atoms with Crippen molar-refractivity contribution >= 4 is 26.8 Å². The second-order valence-corrected chi connectivity index (χ2v) is 9.67. The highest BCUT2D eigenvalue weighted by Gasteiger charge is 2.25. The van der Waals surface area contributed by atoms with E-state index in [0.717, 1.165) is 16.5 Å². The number of aromatic nitrogens is 1. The molecule has 0 saturated carbocycles. The fraction of sp³-hybridized carbons (Fsp3) is 0.318. The predicted molar refractivity (Wildman–Crippen MR) is 115 cm³/mol. The molecule has 0 spiro atoms. The Balaban J connectivity index is 1.83. The summed E-state index contributed by atoms with van der Waals surface area (Å²) in [5, 5.41) is 0.727. The highest BCUT2D eigenvalue weighted by molar-refractivity contribution is 7.89. The number of benzene rings is 2. The number of fused-ring (bicyclic) bond motifs is 1. The van der Waals surface area contributed by atoms with Crippen molar-refractivity contribution in [3.05, 3.63) is 65.9 Å². The zero-order valence-electron chi connectivity index (χ0n) is 17.1. The molecule has 1 aliphatic rings. The maximum atomic E-state index is 13.3. The summed E-state index contributed by atoms with van der Waals surface area (Å²) in [7, 11) is -0.544. The van der Waals surface area contributed by atoms with Crippen LogP contribution in [0.4, 0.5) is 0 Å². The van der Waals surface area contributed by atoms with Gasteiger partial charge in [0, 0.05) is 44.6 Å². The van der Waals surface area contributed by atoms with Crippen molar-refractivity contribution in [2.24, 2.45) is 0 Å². The van der Waals surface area contributed by atoms with E-state index < -0.39 is 10.0 Å². The first-order valence-electron chi connectivity index (χ1n) is 9.85. The first-order valence-corrected chi connectivity index (χ1v) is 11.3. The largest absolute Gasteiger partial charge is 0.378 e. The molecule has 0 atom stereocenters. The third kappa shape index (κ3) is 3.86. The Morgan fingerprint density at radius 3 is 2.40 bits per heavy atom. The van der Waals surface area contributed by atoms with Crippen LogP contribution in [0.2, 0.25) is 0 Å². The summed E-state index contributed by atoms with van der Waals surface area (Å²) in [6.45, 7) is 2.67. The van der Waals surface area contributed by atoms with E-state index in [1.165, 1.54) is 18.4 Å². The quantitative estimate of drug-likeness (QED) is 0.627. The van der Waals surface area contributed by atoms with Crippen molar-refractivity contribution in [1.82, 2.24) is 13.8 Å². The Morgan fingerprint density at radius 1 is 1.03 bits per heavy atom. The summed E-state index contributed by atoms with van der Waals surface area (Å²) < 4.78 is 33.7. The van der Waals surface area contributed by atoms with E-state index in [1.807, 2.05) is 34.9 Å². The van der Waals surface area contributed by atoms with Crippen molar-refractivity contribution in [2.45, 2.75) is 11.4 Å². The Labute approximate surface area is 176 Å². The molecule has 7 nitrogen and oxygen atoms in total. The Hall–Kier alpha value is -2.68. The van der Waals surface area contributed by atoms with E-state index in [9.17, 15) is 13.2 Å². The van der Waals surface area contributed by atoms with E-state index in [2.05, 4.69) is 0 Å². The number of rotatable bonds is 5. The number of ether oxygens (including phenoxy) is 1. The first kappa shape index (κ1) is 20.6. The number of sulfonamides is 1. The summed E-state index contributed by atoms with van der Waals surface area (Å²) >= 11 is 0. The van der Waals surface area contributed by atoms with Crippen LogP contribution in [-0.2, 0) is 21.3 Å². The van der Waals surface area contributed by atoms with Gasteiger partial charge in [0.2, 0.25) is 10.0 Å². The van der Waals surface area contributed by atoms with Gasteiger partial charge in [-0.2, -0.15) is 0 Å². The second-order valence-electron chi connectivity index (χ2n) is 7.51. The summed E-state index contributed by atoms with van der Waals surface area (Å²) in [4.78, 5) is 15.3. The smallest absolute Gasteiger partial charge is 0.270 e. The fourth-order valence-electron chi connectivity index (χ4n) is 3.66. The third-order valence-electron chi connectivity index (χ3n) is 5.35. The van der Waals surface area contributed by atoms with Gasteiger partial charge >= 0.3 is 0 Å². The van der Waals surface area contributed by atoms with Crippen LogP contribution in [-0.4, -0.2) is 68.5 Å². The zero-order valence-corrected chi connectivity index (χ0v) is 17.9. The van der Waals surface area contributed by atoms with Crippen molar-refractivity contribution in [2.75, 3.05) is 40.4 Å². The Morgan fingerprint density at radius 2 is 1.73 bits per heavy atom. The van der Waals surface area contributed by atoms with Gasteiger partial charge in [0.15, 0.2) is 0 Å². The maximum Gasteiger partial charge on any atom is 0.270 e. The highest BCUT2D eigenvalue weighted by atomic mass is 32.2. The molecule has 2 aromatic carbocycles. The number of carbonyl (C=O) groups excluding carboxylic acids is 1. The monoisotopic (exact) mass is 427 g/mol. The van der Waals surface area contributed by atoms with E-state index >= 15 is 0 Å². The minimum Gasteiger partial charge on any atom is -0.378 e. The average Bonchev–Trinajstić information content (AvgIpc) is 3.12. The van der Waals surface area contributed by atoms with Gasteiger partial charge in [-0.25, -0.2) is 12.7 Å². The van der Waals surface area contributed by atoms with Gasteiger partial charge in [-0.3, -0.25) is 4.79 Å². The van der Waals surface area contributed by atoms with Gasteiger partial charge in [-0.1, -0.05) is 30.3 Å². The number of hydrogen-bond donors (Lipinski definition) is 0. The molecule has 0 N–H and O–H groups in total. The molecule has 0 unspecified atom stereocenters. The lowest BCUT2D eigenvalue weighted by Crippen LogP contribution is -2.41. The van der Waals surface area contributed by atoms with Crippen LogP contribution in [0.1, 0.15) is 16.1 Å². The fourth-order valence-corrected chi connectivity index (χ4v) is 4.60. The molecular formula is C22H25N3O4S. The summed E-state index contributed by atoms with van der Waals surface area (Å²) in [6, 6.07) is 16.7. The van der Waals surface area contributed by atoms with Gasteiger partial charge in [0.05, 0.1) is 18.1 Å². The van der Waals surface area contributed by atoms with Crippen molar-refractivity contribution in [3.63, 3.8) is 0 Å². The predicted octanol–water partition coefficient (Wildman–Crippen LogP) is 2.41. The number of nitrogens with zero attached hydrogens (tertiary/aromatic N) is 3. The molecule has 2 heterocycles. The lowest BCUT2D eigenvalue weighted by atomic mass is 10.2. The molecule has 0 aliphatic carbocycles. The van der Waals surface area contributed by atoms with Gasteiger partial charge < -0.3 is 14.2 Å². The molecule has 0 bridgehead atoms. The molecule has 1 aliphatic heterocycles. The van der Waals surface area contributed by atoms with E-state index in [0.29, 0.717) is 38.5 Å². The van der Waals surface area contributed by atoms with Gasteiger partial charge in [-0.05, 0) is 29.8 Å². The molecule has 1 fully saturated rings. The van der Waals surface area contributed by atoms with Crippen molar-refractivity contribution in [3.8, 4) is 0 Å². The van der Waals surface area contributed by atoms with Crippen LogP contribution in [0.25, 0.3) is 10.9 Å². The number of amides is 1. The molecule has 1 amide bonds. The highest BCUT2D eigenvalue weighted by Crippen LogP contribution is 2.26. The number of carbonyl (C=O) groups is 1. The Bertz CT molecular complexity index is 1160. The zero-order chi connectivity index (χ0) is 21.3. The minimum atomic E-state index is -3.56. The van der Waals surface area contributed by atoms with E-state index in [4.69, 9.17) is 4.74 Å². The summed E-state index contributed by atoms with van der Waals surface area (Å²) in [5.41, 5.74) is 2.44. The average molecular weight is 428 g/mol. The summed E-state index contributed by atoms with van der Waals surface area (Å²) in [5.74, 6) is -0.0672. The maximum absolute atomic E-state index is 13.3. The van der Waals surface area contributed by atoms with Crippen molar-refractivity contribution < 1.29 is 17.9 Å². The molecule has 8 heteroatoms. The second kappa shape index (κ2) is 8.22. The van der Waals surface area contributed by atoms with Crippen LogP contribution in [0, 0.1) is 0 Å². The SMILES string of the molecule is CN(C)S(=O)(=O)c1ccc2c(c1)cc(C(=O)N1CCOCC1)n2Cc1ccccc1. The van der Waals surface area contributed by atoms with Crippen LogP contribution in [0.3, 0.4) is 0 Å². The van der Waals surface area contributed by atoms with E-state index in [1.54, 1.807) is 29.2 Å². The van der Waals surface area contributed by atoms with Gasteiger partial charge in [-0.15, -0.1) is 0 Å². The molecule has 4 rings (SSSR count). The number of hydrogen-bond acceptors (Lipinski definition) is 4. The van der Waals surface area contributed by atoms with Crippen molar-refractivity contribution in [1.29, 1.82) is 0 Å². The normalized spacial score (nSPS) is 15.1. The molecule has 0 radical (unpaired) electrons. The van der Waals surface area contributed by atoms with Crippen LogP contribution in [0.15, 0.2) is 59.5 Å². The third-order valence-corrected chi connectivity index (χ3v) is 7.16. The van der Waals surface area contributed by atoms with Crippen LogP contribution in [0.5, 0.6) is 0 Å². The summed E-state index contributed by atoms with van der Waals surface area (Å²) in [6.07, 6.45) is 0. The van der Waals surface area contributed by atoms with Crippen LogP contribution < -0.4 is 0 Å². The number of morpholine rings is 1. The van der Waals surface area contributed by atoms with Gasteiger partial charge in [0.1, 0.15) is 5.69 Å². The topological polar surface area (TPSA) is 71.8 Å². The molecule has 158 valence electrons. The molecule has 3 aromatic rings. The molecule has 1 saturated heterocycles. The van der Waals surface area contributed by atoms with Crippen LogP contribution >= 0.6 is 0 Å². The van der Waals surface area contributed by atoms with Gasteiger partial charge in [0.25, 0.3) is 5.91 Å². The lowest BCUT2D eigenvalue weighted by Gasteiger charge is -2.27. The Kier molecular flexibility index (Phi) is 5.64. The lowest BCUT2D eigenvalue weighted by molar-refractivity contribution is 0.0296.